The van der Waals surface area contributed by atoms with Crippen LogP contribution in [0.1, 0.15) is 52.5 Å². The molecule has 1 saturated heterocycles. The number of benzene rings is 1. The molecule has 3 rings (SSSR count). The number of carbonyl (C=O) groups is 2. The highest BCUT2D eigenvalue weighted by Crippen LogP contribution is 2.27. The van der Waals surface area contributed by atoms with Crippen LogP contribution in [0.5, 0.6) is 0 Å². The van der Waals surface area contributed by atoms with Crippen molar-refractivity contribution in [3.8, 4) is 0 Å². The van der Waals surface area contributed by atoms with E-state index in [0.717, 1.165) is 5.56 Å². The minimum atomic E-state index is -3.08. The lowest BCUT2D eigenvalue weighted by Crippen LogP contribution is -2.38. The van der Waals surface area contributed by atoms with Gasteiger partial charge in [0.2, 0.25) is 0 Å². The Bertz CT molecular complexity index is 978. The molecule has 8 heteroatoms. The van der Waals surface area contributed by atoms with Gasteiger partial charge in [-0.2, -0.15) is 0 Å². The summed E-state index contributed by atoms with van der Waals surface area (Å²) in [4.78, 5) is 26.9. The molecule has 0 bridgehead atoms. The summed E-state index contributed by atoms with van der Waals surface area (Å²) in [6.07, 6.45) is 0.443. The Hall–Kier alpha value is -2.19. The molecule has 1 atom stereocenters. The zero-order valence-electron chi connectivity index (χ0n) is 16.1. The average Bonchev–Trinajstić information content (AvgIpc) is 3.26. The Morgan fingerprint density at radius 1 is 1.18 bits per heavy atom. The monoisotopic (exact) mass is 420 g/mol. The first-order chi connectivity index (χ1) is 13.2. The number of amides is 2. The van der Waals surface area contributed by atoms with Crippen molar-refractivity contribution in [2.24, 2.45) is 0 Å². The summed E-state index contributed by atoms with van der Waals surface area (Å²) in [5.74, 6) is -0.0849. The van der Waals surface area contributed by atoms with Crippen LogP contribution in [-0.4, -0.2) is 49.7 Å². The molecule has 0 aliphatic carbocycles. The van der Waals surface area contributed by atoms with E-state index in [-0.39, 0.29) is 29.4 Å². The van der Waals surface area contributed by atoms with Crippen LogP contribution in [0.3, 0.4) is 0 Å². The number of carbonyl (C=O) groups excluding carboxylic acids is 2. The third-order valence-corrected chi connectivity index (χ3v) is 7.62. The average molecular weight is 421 g/mol. The van der Waals surface area contributed by atoms with Crippen molar-refractivity contribution in [2.75, 3.05) is 23.9 Å². The molecule has 1 aliphatic heterocycles. The van der Waals surface area contributed by atoms with E-state index in [4.69, 9.17) is 0 Å². The molecule has 2 heterocycles. The normalized spacial score (nSPS) is 18.2. The second kappa shape index (κ2) is 8.05. The molecule has 1 fully saturated rings. The zero-order chi connectivity index (χ0) is 20.5. The van der Waals surface area contributed by atoms with Gasteiger partial charge in [0.15, 0.2) is 9.84 Å². The fourth-order valence-electron chi connectivity index (χ4n) is 3.21. The van der Waals surface area contributed by atoms with Crippen LogP contribution in [0.2, 0.25) is 0 Å². The van der Waals surface area contributed by atoms with Crippen LogP contribution in [0, 0.1) is 0 Å². The number of anilines is 1. The molecule has 6 nitrogen and oxygen atoms in total. The second-order valence-electron chi connectivity index (χ2n) is 7.37. The molecular formula is C20H24N2O4S2. The molecule has 28 heavy (non-hydrogen) atoms. The standard InChI is InChI=1S/C20H24N2O4S2/c1-13(2)14-4-6-15(7-5-14)18(23)21-19-17(8-10-27-19)20(24)22(3)16-9-11-28(25,26)12-16/h4-8,10,13,16H,9,11-12H2,1-3H3,(H,21,23). The third kappa shape index (κ3) is 4.44. The van der Waals surface area contributed by atoms with E-state index in [2.05, 4.69) is 19.2 Å². The molecule has 150 valence electrons. The highest BCUT2D eigenvalue weighted by molar-refractivity contribution is 7.91. The lowest BCUT2D eigenvalue weighted by molar-refractivity contribution is 0.0749. The molecule has 1 aromatic heterocycles. The van der Waals surface area contributed by atoms with Crippen molar-refractivity contribution >= 4 is 38.0 Å². The van der Waals surface area contributed by atoms with Crippen LogP contribution in [0.4, 0.5) is 5.00 Å². The van der Waals surface area contributed by atoms with Crippen LogP contribution >= 0.6 is 11.3 Å². The van der Waals surface area contributed by atoms with Crippen molar-refractivity contribution in [3.63, 3.8) is 0 Å². The minimum absolute atomic E-state index is 0.0106. The van der Waals surface area contributed by atoms with Gasteiger partial charge in [-0.1, -0.05) is 26.0 Å². The van der Waals surface area contributed by atoms with Gasteiger partial charge >= 0.3 is 0 Å². The largest absolute Gasteiger partial charge is 0.338 e. The van der Waals surface area contributed by atoms with Gasteiger partial charge in [0.25, 0.3) is 11.8 Å². The first-order valence-electron chi connectivity index (χ1n) is 9.14. The highest BCUT2D eigenvalue weighted by Gasteiger charge is 2.33. The number of rotatable bonds is 5. The molecule has 2 amide bonds. The fraction of sp³-hybridized carbons (Fsp3) is 0.400. The van der Waals surface area contributed by atoms with Crippen LogP contribution in [-0.2, 0) is 9.84 Å². The molecule has 2 aromatic rings. The lowest BCUT2D eigenvalue weighted by Gasteiger charge is -2.23. The van der Waals surface area contributed by atoms with Crippen molar-refractivity contribution in [1.82, 2.24) is 4.90 Å². The Morgan fingerprint density at radius 3 is 2.43 bits per heavy atom. The quantitative estimate of drug-likeness (QED) is 0.804. The molecule has 1 aliphatic rings. The van der Waals surface area contributed by atoms with E-state index in [9.17, 15) is 18.0 Å². The first-order valence-corrected chi connectivity index (χ1v) is 11.8. The van der Waals surface area contributed by atoms with E-state index >= 15 is 0 Å². The Kier molecular flexibility index (Phi) is 5.90. The topological polar surface area (TPSA) is 83.6 Å². The summed E-state index contributed by atoms with van der Waals surface area (Å²) < 4.78 is 23.4. The number of sulfone groups is 1. The number of thiophene rings is 1. The molecule has 0 spiro atoms. The number of hydrogen-bond acceptors (Lipinski definition) is 5. The maximum atomic E-state index is 12.8. The van der Waals surface area contributed by atoms with Crippen molar-refractivity contribution in [1.29, 1.82) is 0 Å². The molecular weight excluding hydrogens is 396 g/mol. The summed E-state index contributed by atoms with van der Waals surface area (Å²) in [6, 6.07) is 8.72. The van der Waals surface area contributed by atoms with Gasteiger partial charge in [0.05, 0.1) is 17.1 Å². The van der Waals surface area contributed by atoms with Gasteiger partial charge in [-0.25, -0.2) is 8.42 Å². The lowest BCUT2D eigenvalue weighted by atomic mass is 10.0. The van der Waals surface area contributed by atoms with E-state index in [1.807, 2.05) is 12.1 Å². The van der Waals surface area contributed by atoms with Crippen LogP contribution in [0.15, 0.2) is 35.7 Å². The van der Waals surface area contributed by atoms with E-state index in [1.54, 1.807) is 30.6 Å². The second-order valence-corrected chi connectivity index (χ2v) is 10.5. The van der Waals surface area contributed by atoms with Gasteiger partial charge in [0, 0.05) is 18.7 Å². The van der Waals surface area contributed by atoms with Crippen molar-refractivity contribution < 1.29 is 18.0 Å². The van der Waals surface area contributed by atoms with E-state index < -0.39 is 9.84 Å². The summed E-state index contributed by atoms with van der Waals surface area (Å²) in [7, 11) is -1.47. The Morgan fingerprint density at radius 2 is 1.86 bits per heavy atom. The van der Waals surface area contributed by atoms with Crippen molar-refractivity contribution in [3.05, 3.63) is 52.4 Å². The summed E-state index contributed by atoms with van der Waals surface area (Å²) >= 11 is 1.27. The fourth-order valence-corrected chi connectivity index (χ4v) is 5.75. The van der Waals surface area contributed by atoms with Gasteiger partial charge in [-0.3, -0.25) is 9.59 Å². The van der Waals surface area contributed by atoms with E-state index in [1.165, 1.54) is 16.2 Å². The predicted octanol–water partition coefficient (Wildman–Crippen LogP) is 3.38. The molecule has 1 N–H and O–H groups in total. The van der Waals surface area contributed by atoms with Crippen LogP contribution < -0.4 is 5.32 Å². The maximum absolute atomic E-state index is 12.8. The summed E-state index contributed by atoms with van der Waals surface area (Å²) in [5.41, 5.74) is 2.05. The number of hydrogen-bond donors (Lipinski definition) is 1. The summed E-state index contributed by atoms with van der Waals surface area (Å²) in [6.45, 7) is 4.18. The maximum Gasteiger partial charge on any atom is 0.256 e. The summed E-state index contributed by atoms with van der Waals surface area (Å²) in [5, 5.41) is 5.02. The predicted molar refractivity (Wildman–Crippen MR) is 112 cm³/mol. The molecule has 1 aromatic carbocycles. The van der Waals surface area contributed by atoms with Gasteiger partial charge in [0.1, 0.15) is 5.00 Å². The zero-order valence-corrected chi connectivity index (χ0v) is 17.8. The number of nitrogens with one attached hydrogen (secondary N) is 1. The van der Waals surface area contributed by atoms with Gasteiger partial charge in [-0.15, -0.1) is 11.3 Å². The van der Waals surface area contributed by atoms with Gasteiger partial charge in [-0.05, 0) is 41.5 Å². The van der Waals surface area contributed by atoms with Gasteiger partial charge < -0.3 is 10.2 Å². The van der Waals surface area contributed by atoms with Crippen LogP contribution in [0.25, 0.3) is 0 Å². The molecule has 1 unspecified atom stereocenters. The minimum Gasteiger partial charge on any atom is -0.338 e. The smallest absolute Gasteiger partial charge is 0.256 e. The number of nitrogens with zero attached hydrogens (tertiary/aromatic N) is 1. The first kappa shape index (κ1) is 20.5. The SMILES string of the molecule is CC(C)c1ccc(C(=O)Nc2sccc2C(=O)N(C)C2CCS(=O)(=O)C2)cc1. The highest BCUT2D eigenvalue weighted by atomic mass is 32.2. The molecule has 0 saturated carbocycles. The third-order valence-electron chi connectivity index (χ3n) is 5.04. The Balaban J connectivity index is 1.72. The molecule has 0 radical (unpaired) electrons. The Labute approximate surface area is 169 Å². The van der Waals surface area contributed by atoms with Crippen molar-refractivity contribution in [2.45, 2.75) is 32.2 Å². The van der Waals surface area contributed by atoms with E-state index in [0.29, 0.717) is 28.5 Å².